The third-order valence-corrected chi connectivity index (χ3v) is 3.75. The number of carbonyl (C=O) groups excluding carboxylic acids is 2. The van der Waals surface area contributed by atoms with E-state index in [0.29, 0.717) is 31.7 Å². The summed E-state index contributed by atoms with van der Waals surface area (Å²) >= 11 is 0. The average molecular weight is 317 g/mol. The molecule has 2 amide bonds. The molecule has 1 aliphatic heterocycles. The maximum absolute atomic E-state index is 12.2. The van der Waals surface area contributed by atoms with Crippen LogP contribution >= 0.6 is 0 Å². The molecule has 0 saturated carbocycles. The van der Waals surface area contributed by atoms with Crippen molar-refractivity contribution in [2.75, 3.05) is 26.2 Å². The van der Waals surface area contributed by atoms with Crippen LogP contribution in [-0.4, -0.2) is 52.7 Å². The van der Waals surface area contributed by atoms with Crippen LogP contribution in [0.5, 0.6) is 0 Å². The zero-order valence-corrected chi connectivity index (χ0v) is 13.0. The lowest BCUT2D eigenvalue weighted by molar-refractivity contribution is -0.384. The Hall–Kier alpha value is -2.70. The molecule has 122 valence electrons. The fraction of sp³-hybridized carbons (Fsp3) is 0.375. The number of hydrogen-bond acceptors (Lipinski definition) is 4. The van der Waals surface area contributed by atoms with Crippen molar-refractivity contribution < 1.29 is 14.5 Å². The van der Waals surface area contributed by atoms with Gasteiger partial charge in [-0.25, -0.2) is 0 Å². The Morgan fingerprint density at radius 1 is 1.17 bits per heavy atom. The summed E-state index contributed by atoms with van der Waals surface area (Å²) in [5.41, 5.74) is 0.596. The average Bonchev–Trinajstić information content (AvgIpc) is 2.79. The lowest BCUT2D eigenvalue weighted by Gasteiger charge is -2.20. The number of amides is 2. The van der Waals surface area contributed by atoms with E-state index in [2.05, 4.69) is 0 Å². The minimum Gasteiger partial charge on any atom is -0.341 e. The molecule has 1 aromatic carbocycles. The van der Waals surface area contributed by atoms with Crippen LogP contribution in [0.25, 0.3) is 6.08 Å². The minimum atomic E-state index is -0.468. The summed E-state index contributed by atoms with van der Waals surface area (Å²) < 4.78 is 0. The fourth-order valence-electron chi connectivity index (χ4n) is 2.47. The van der Waals surface area contributed by atoms with Gasteiger partial charge in [0.2, 0.25) is 11.8 Å². The molecule has 0 N–H and O–H groups in total. The normalized spacial score (nSPS) is 15.5. The largest absolute Gasteiger partial charge is 0.341 e. The lowest BCUT2D eigenvalue weighted by Crippen LogP contribution is -2.35. The van der Waals surface area contributed by atoms with Gasteiger partial charge in [-0.1, -0.05) is 12.1 Å². The third kappa shape index (κ3) is 4.64. The van der Waals surface area contributed by atoms with Crippen molar-refractivity contribution in [2.45, 2.75) is 13.3 Å². The highest BCUT2D eigenvalue weighted by Crippen LogP contribution is 2.14. The van der Waals surface area contributed by atoms with E-state index in [0.717, 1.165) is 6.42 Å². The van der Waals surface area contributed by atoms with Crippen molar-refractivity contribution in [3.63, 3.8) is 0 Å². The van der Waals surface area contributed by atoms with E-state index in [-0.39, 0.29) is 17.5 Å². The predicted molar refractivity (Wildman–Crippen MR) is 85.6 cm³/mol. The molecule has 7 nitrogen and oxygen atoms in total. The van der Waals surface area contributed by atoms with Gasteiger partial charge < -0.3 is 9.80 Å². The molecule has 1 heterocycles. The minimum absolute atomic E-state index is 0.00790. The molecule has 0 radical (unpaired) electrons. The summed E-state index contributed by atoms with van der Waals surface area (Å²) in [5, 5.41) is 10.7. The number of benzene rings is 1. The first-order valence-corrected chi connectivity index (χ1v) is 7.44. The van der Waals surface area contributed by atoms with Gasteiger partial charge in [0.15, 0.2) is 0 Å². The molecule has 0 bridgehead atoms. The Balaban J connectivity index is 1.99. The standard InChI is InChI=1S/C16H19N3O4/c1-13(20)17-8-3-9-18(11-10-17)16(21)7-6-14-4-2-5-15(12-14)19(22)23/h2,4-7,12H,3,8-11H2,1H3/b7-6+. The number of nitro benzene ring substituents is 1. The molecule has 23 heavy (non-hydrogen) atoms. The first-order chi connectivity index (χ1) is 11.0. The molecule has 1 saturated heterocycles. The van der Waals surface area contributed by atoms with Gasteiger partial charge >= 0.3 is 0 Å². The van der Waals surface area contributed by atoms with E-state index in [1.807, 2.05) is 0 Å². The molecule has 0 unspecified atom stereocenters. The van der Waals surface area contributed by atoms with Crippen molar-refractivity contribution in [3.05, 3.63) is 46.0 Å². The van der Waals surface area contributed by atoms with E-state index in [9.17, 15) is 19.7 Å². The Morgan fingerprint density at radius 2 is 1.87 bits per heavy atom. The zero-order valence-electron chi connectivity index (χ0n) is 13.0. The van der Waals surface area contributed by atoms with Gasteiger partial charge in [0.1, 0.15) is 0 Å². The number of non-ortho nitro benzene ring substituents is 1. The van der Waals surface area contributed by atoms with Gasteiger partial charge in [0.05, 0.1) is 4.92 Å². The van der Waals surface area contributed by atoms with Crippen LogP contribution < -0.4 is 0 Å². The second-order valence-electron chi connectivity index (χ2n) is 5.37. The monoisotopic (exact) mass is 317 g/mol. The highest BCUT2D eigenvalue weighted by atomic mass is 16.6. The molecule has 0 aliphatic carbocycles. The molecule has 0 aromatic heterocycles. The van der Waals surface area contributed by atoms with Crippen molar-refractivity contribution in [1.29, 1.82) is 0 Å². The first-order valence-electron chi connectivity index (χ1n) is 7.44. The smallest absolute Gasteiger partial charge is 0.270 e. The highest BCUT2D eigenvalue weighted by molar-refractivity contribution is 5.92. The van der Waals surface area contributed by atoms with Gasteiger partial charge in [0.25, 0.3) is 5.69 Å². The second-order valence-corrected chi connectivity index (χ2v) is 5.37. The van der Waals surface area contributed by atoms with Crippen LogP contribution in [0.3, 0.4) is 0 Å². The number of nitro groups is 1. The first kappa shape index (κ1) is 16.7. The van der Waals surface area contributed by atoms with Gasteiger partial charge in [0, 0.05) is 51.3 Å². The van der Waals surface area contributed by atoms with E-state index in [4.69, 9.17) is 0 Å². The summed E-state index contributed by atoms with van der Waals surface area (Å²) in [6.07, 6.45) is 3.74. The lowest BCUT2D eigenvalue weighted by atomic mass is 10.2. The maximum Gasteiger partial charge on any atom is 0.270 e. The van der Waals surface area contributed by atoms with Crippen molar-refractivity contribution in [1.82, 2.24) is 9.80 Å². The molecule has 0 atom stereocenters. The molecule has 0 spiro atoms. The van der Waals surface area contributed by atoms with Crippen molar-refractivity contribution in [3.8, 4) is 0 Å². The molecule has 7 heteroatoms. The Kier molecular flexibility index (Phi) is 5.46. The third-order valence-electron chi connectivity index (χ3n) is 3.75. The summed E-state index contributed by atoms with van der Waals surface area (Å²) in [7, 11) is 0. The van der Waals surface area contributed by atoms with Gasteiger partial charge in [-0.05, 0) is 18.1 Å². The number of rotatable bonds is 3. The van der Waals surface area contributed by atoms with Gasteiger partial charge in [-0.15, -0.1) is 0 Å². The van der Waals surface area contributed by atoms with Crippen LogP contribution in [0.4, 0.5) is 5.69 Å². The molecule has 2 rings (SSSR count). The Morgan fingerprint density at radius 3 is 2.57 bits per heavy atom. The molecular weight excluding hydrogens is 298 g/mol. The Labute approximate surface area is 134 Å². The quantitative estimate of drug-likeness (QED) is 0.482. The molecule has 1 aliphatic rings. The van der Waals surface area contributed by atoms with Crippen LogP contribution in [-0.2, 0) is 9.59 Å². The van der Waals surface area contributed by atoms with Crippen LogP contribution in [0.15, 0.2) is 30.3 Å². The van der Waals surface area contributed by atoms with E-state index in [1.54, 1.807) is 28.0 Å². The van der Waals surface area contributed by atoms with Crippen molar-refractivity contribution >= 4 is 23.6 Å². The van der Waals surface area contributed by atoms with E-state index < -0.39 is 4.92 Å². The fourth-order valence-corrected chi connectivity index (χ4v) is 2.47. The Bertz CT molecular complexity index is 642. The summed E-state index contributed by atoms with van der Waals surface area (Å²) in [6.45, 7) is 3.82. The van der Waals surface area contributed by atoms with Crippen molar-refractivity contribution in [2.24, 2.45) is 0 Å². The summed E-state index contributed by atoms with van der Waals surface area (Å²) in [4.78, 5) is 37.3. The second kappa shape index (κ2) is 7.53. The number of nitrogens with zero attached hydrogens (tertiary/aromatic N) is 3. The summed E-state index contributed by atoms with van der Waals surface area (Å²) in [5.74, 6) is -0.131. The van der Waals surface area contributed by atoms with E-state index >= 15 is 0 Å². The molecule has 1 fully saturated rings. The number of carbonyl (C=O) groups is 2. The van der Waals surface area contributed by atoms with Gasteiger partial charge in [-0.2, -0.15) is 0 Å². The van der Waals surface area contributed by atoms with Crippen LogP contribution in [0.2, 0.25) is 0 Å². The number of hydrogen-bond donors (Lipinski definition) is 0. The highest BCUT2D eigenvalue weighted by Gasteiger charge is 2.18. The van der Waals surface area contributed by atoms with Gasteiger partial charge in [-0.3, -0.25) is 19.7 Å². The summed E-state index contributed by atoms with van der Waals surface area (Å²) in [6, 6.07) is 6.11. The van der Waals surface area contributed by atoms with E-state index in [1.165, 1.54) is 25.1 Å². The molecular formula is C16H19N3O4. The van der Waals surface area contributed by atoms with Crippen LogP contribution in [0.1, 0.15) is 18.9 Å². The van der Waals surface area contributed by atoms with Crippen LogP contribution in [0, 0.1) is 10.1 Å². The SMILES string of the molecule is CC(=O)N1CCCN(C(=O)/C=C/c2cccc([N+](=O)[O-])c2)CC1. The topological polar surface area (TPSA) is 83.8 Å². The predicted octanol–water partition coefficient (Wildman–Crippen LogP) is 1.69. The zero-order chi connectivity index (χ0) is 16.8. The molecule has 1 aromatic rings. The maximum atomic E-state index is 12.2.